The Morgan fingerprint density at radius 2 is 2.00 bits per heavy atom. The third-order valence-corrected chi connectivity index (χ3v) is 5.40. The van der Waals surface area contributed by atoms with Gasteiger partial charge in [-0.3, -0.25) is 0 Å². The molecule has 1 nitrogen and oxygen atoms in total. The zero-order valence-electron chi connectivity index (χ0n) is 12.2. The first-order valence-corrected chi connectivity index (χ1v) is 8.36. The summed E-state index contributed by atoms with van der Waals surface area (Å²) >= 11 is 13.6. The van der Waals surface area contributed by atoms with Crippen molar-refractivity contribution in [1.82, 2.24) is 5.32 Å². The molecule has 1 aromatic carbocycles. The normalized spacial score (nSPS) is 13.4. The quantitative estimate of drug-likeness (QED) is 0.673. The lowest BCUT2D eigenvalue weighted by Gasteiger charge is -2.27. The van der Waals surface area contributed by atoms with Gasteiger partial charge in [0.1, 0.15) is 5.82 Å². The standard InChI is InChI=1S/C16H18Cl2FNS/c1-10(11-7-14(19)13(18)8-12(11)17)20-9-16(2,3)15-5-4-6-21-15/h4-8,10,20H,9H2,1-3H3. The highest BCUT2D eigenvalue weighted by atomic mass is 35.5. The second-order valence-electron chi connectivity index (χ2n) is 5.75. The highest BCUT2D eigenvalue weighted by molar-refractivity contribution is 7.10. The van der Waals surface area contributed by atoms with Crippen LogP contribution in [0.15, 0.2) is 29.6 Å². The lowest BCUT2D eigenvalue weighted by atomic mass is 9.91. The predicted molar refractivity (Wildman–Crippen MR) is 90.2 cm³/mol. The number of hydrogen-bond acceptors (Lipinski definition) is 2. The van der Waals surface area contributed by atoms with Crippen molar-refractivity contribution < 1.29 is 4.39 Å². The van der Waals surface area contributed by atoms with Gasteiger partial charge in [-0.1, -0.05) is 43.1 Å². The van der Waals surface area contributed by atoms with E-state index in [0.29, 0.717) is 5.02 Å². The van der Waals surface area contributed by atoms with Crippen LogP contribution in [-0.4, -0.2) is 6.54 Å². The Morgan fingerprint density at radius 1 is 1.29 bits per heavy atom. The Morgan fingerprint density at radius 3 is 2.62 bits per heavy atom. The van der Waals surface area contributed by atoms with Crippen LogP contribution in [0, 0.1) is 5.82 Å². The van der Waals surface area contributed by atoms with Gasteiger partial charge < -0.3 is 5.32 Å². The molecule has 1 atom stereocenters. The molecule has 21 heavy (non-hydrogen) atoms. The molecule has 0 saturated heterocycles. The number of benzene rings is 1. The molecule has 0 fully saturated rings. The van der Waals surface area contributed by atoms with Gasteiger partial charge in [0.15, 0.2) is 0 Å². The average molecular weight is 346 g/mol. The molecule has 0 spiro atoms. The molecule has 0 aliphatic carbocycles. The maximum absolute atomic E-state index is 13.6. The Hall–Kier alpha value is -0.610. The van der Waals surface area contributed by atoms with E-state index in [0.717, 1.165) is 12.1 Å². The van der Waals surface area contributed by atoms with Crippen molar-refractivity contribution in [2.45, 2.75) is 32.2 Å². The molecule has 1 N–H and O–H groups in total. The van der Waals surface area contributed by atoms with Gasteiger partial charge >= 0.3 is 0 Å². The molecule has 2 aromatic rings. The summed E-state index contributed by atoms with van der Waals surface area (Å²) in [6, 6.07) is 6.99. The van der Waals surface area contributed by atoms with E-state index in [4.69, 9.17) is 23.2 Å². The summed E-state index contributed by atoms with van der Waals surface area (Å²) in [6.07, 6.45) is 0. The van der Waals surface area contributed by atoms with Crippen LogP contribution in [0.1, 0.15) is 37.3 Å². The fourth-order valence-corrected chi connectivity index (χ4v) is 3.54. The first kappa shape index (κ1) is 16.8. The molecule has 0 radical (unpaired) electrons. The van der Waals surface area contributed by atoms with E-state index in [1.54, 1.807) is 11.3 Å². The van der Waals surface area contributed by atoms with E-state index in [1.165, 1.54) is 17.0 Å². The molecular formula is C16H18Cl2FNS. The highest BCUT2D eigenvalue weighted by Gasteiger charge is 2.23. The monoisotopic (exact) mass is 345 g/mol. The molecule has 0 bridgehead atoms. The Labute approximate surface area is 139 Å². The zero-order chi connectivity index (χ0) is 15.6. The van der Waals surface area contributed by atoms with Crippen LogP contribution in [0.3, 0.4) is 0 Å². The zero-order valence-corrected chi connectivity index (χ0v) is 14.5. The van der Waals surface area contributed by atoms with Gasteiger partial charge in [-0.05, 0) is 36.1 Å². The third kappa shape index (κ3) is 3.98. The van der Waals surface area contributed by atoms with Crippen molar-refractivity contribution in [2.75, 3.05) is 6.54 Å². The SMILES string of the molecule is CC(NCC(C)(C)c1cccs1)c1cc(F)c(Cl)cc1Cl. The van der Waals surface area contributed by atoms with Crippen molar-refractivity contribution in [3.8, 4) is 0 Å². The van der Waals surface area contributed by atoms with Crippen LogP contribution in [0.2, 0.25) is 10.0 Å². The number of thiophene rings is 1. The van der Waals surface area contributed by atoms with E-state index in [9.17, 15) is 4.39 Å². The molecule has 5 heteroatoms. The molecule has 1 unspecified atom stereocenters. The molecule has 0 saturated carbocycles. The summed E-state index contributed by atoms with van der Waals surface area (Å²) < 4.78 is 13.6. The van der Waals surface area contributed by atoms with E-state index in [-0.39, 0.29) is 16.5 Å². The summed E-state index contributed by atoms with van der Waals surface area (Å²) in [7, 11) is 0. The molecule has 1 heterocycles. The summed E-state index contributed by atoms with van der Waals surface area (Å²) in [5.74, 6) is -0.442. The van der Waals surface area contributed by atoms with Gasteiger partial charge in [-0.15, -0.1) is 11.3 Å². The van der Waals surface area contributed by atoms with Crippen molar-refractivity contribution in [2.24, 2.45) is 0 Å². The van der Waals surface area contributed by atoms with Crippen molar-refractivity contribution in [1.29, 1.82) is 0 Å². The fraction of sp³-hybridized carbons (Fsp3) is 0.375. The smallest absolute Gasteiger partial charge is 0.142 e. The molecule has 0 amide bonds. The first-order valence-electron chi connectivity index (χ1n) is 6.73. The maximum Gasteiger partial charge on any atom is 0.142 e. The predicted octanol–water partition coefficient (Wildman–Crippen LogP) is 5.82. The highest BCUT2D eigenvalue weighted by Crippen LogP contribution is 2.30. The van der Waals surface area contributed by atoms with Crippen LogP contribution < -0.4 is 5.32 Å². The summed E-state index contributed by atoms with van der Waals surface area (Å²) in [4.78, 5) is 1.32. The first-order chi connectivity index (χ1) is 9.81. The van der Waals surface area contributed by atoms with E-state index in [1.807, 2.05) is 6.92 Å². The Bertz CT molecular complexity index is 611. The van der Waals surface area contributed by atoms with Crippen LogP contribution in [-0.2, 0) is 5.41 Å². The minimum Gasteiger partial charge on any atom is -0.309 e. The number of halogens is 3. The molecule has 2 rings (SSSR count). The van der Waals surface area contributed by atoms with E-state index in [2.05, 4.69) is 36.7 Å². The van der Waals surface area contributed by atoms with Gasteiger partial charge in [0.2, 0.25) is 0 Å². The summed E-state index contributed by atoms with van der Waals surface area (Å²) in [6.45, 7) is 7.11. The van der Waals surface area contributed by atoms with Crippen molar-refractivity contribution in [3.63, 3.8) is 0 Å². The van der Waals surface area contributed by atoms with Gasteiger partial charge in [-0.25, -0.2) is 4.39 Å². The number of nitrogens with one attached hydrogen (secondary N) is 1. The molecule has 1 aromatic heterocycles. The summed E-state index contributed by atoms with van der Waals surface area (Å²) in [5, 5.41) is 6.04. The number of hydrogen-bond donors (Lipinski definition) is 1. The average Bonchev–Trinajstić information content (AvgIpc) is 2.95. The summed E-state index contributed by atoms with van der Waals surface area (Å²) in [5.41, 5.74) is 0.736. The maximum atomic E-state index is 13.6. The topological polar surface area (TPSA) is 12.0 Å². The Balaban J connectivity index is 2.09. The molecular weight excluding hydrogens is 328 g/mol. The third-order valence-electron chi connectivity index (χ3n) is 3.54. The fourth-order valence-electron chi connectivity index (χ4n) is 2.14. The van der Waals surface area contributed by atoms with Gasteiger partial charge in [-0.2, -0.15) is 0 Å². The van der Waals surface area contributed by atoms with Crippen molar-refractivity contribution in [3.05, 3.63) is 55.9 Å². The number of rotatable bonds is 5. The second kappa shape index (κ2) is 6.66. The van der Waals surface area contributed by atoms with Gasteiger partial charge in [0.05, 0.1) is 5.02 Å². The lowest BCUT2D eigenvalue weighted by molar-refractivity contribution is 0.440. The van der Waals surface area contributed by atoms with Crippen molar-refractivity contribution >= 4 is 34.5 Å². The van der Waals surface area contributed by atoms with Gasteiger partial charge in [0, 0.05) is 27.9 Å². The molecule has 114 valence electrons. The molecule has 0 aliphatic heterocycles. The minimum atomic E-state index is -0.442. The van der Waals surface area contributed by atoms with Crippen LogP contribution in [0.4, 0.5) is 4.39 Å². The molecule has 0 aliphatic rings. The van der Waals surface area contributed by atoms with Crippen LogP contribution in [0.25, 0.3) is 0 Å². The van der Waals surface area contributed by atoms with Crippen LogP contribution >= 0.6 is 34.5 Å². The minimum absolute atomic E-state index is 0.0138. The largest absolute Gasteiger partial charge is 0.309 e. The lowest BCUT2D eigenvalue weighted by Crippen LogP contribution is -2.34. The second-order valence-corrected chi connectivity index (χ2v) is 7.51. The Kier molecular flexibility index (Phi) is 5.31. The van der Waals surface area contributed by atoms with Gasteiger partial charge in [0.25, 0.3) is 0 Å². The van der Waals surface area contributed by atoms with Crippen LogP contribution in [0.5, 0.6) is 0 Å². The van der Waals surface area contributed by atoms with E-state index >= 15 is 0 Å². The van der Waals surface area contributed by atoms with E-state index < -0.39 is 5.82 Å².